The maximum atomic E-state index is 13.2. The molecule has 2 aliphatic rings. The van der Waals surface area contributed by atoms with Crippen LogP contribution >= 0.6 is 0 Å². The molecule has 2 heterocycles. The normalized spacial score (nSPS) is 19.1. The summed E-state index contributed by atoms with van der Waals surface area (Å²) >= 11 is 0. The highest BCUT2D eigenvalue weighted by molar-refractivity contribution is 7.92. The average molecular weight is 510 g/mol. The van der Waals surface area contributed by atoms with Gasteiger partial charge in [0.2, 0.25) is 20.0 Å². The molecule has 34 heavy (non-hydrogen) atoms. The molecule has 1 saturated heterocycles. The Labute approximate surface area is 199 Å². The highest BCUT2D eigenvalue weighted by Gasteiger charge is 2.35. The molecule has 0 bridgehead atoms. The predicted molar refractivity (Wildman–Crippen MR) is 127 cm³/mol. The van der Waals surface area contributed by atoms with Crippen molar-refractivity contribution in [3.8, 4) is 11.5 Å². The molecule has 1 atom stereocenters. The van der Waals surface area contributed by atoms with Gasteiger partial charge in [0.25, 0.3) is 5.91 Å². The number of benzene rings is 2. The van der Waals surface area contributed by atoms with Crippen molar-refractivity contribution in [3.63, 3.8) is 0 Å². The minimum atomic E-state index is -3.82. The number of sulfonamides is 2. The summed E-state index contributed by atoms with van der Waals surface area (Å²) in [5.74, 6) is -0.160. The second-order valence-corrected chi connectivity index (χ2v) is 12.0. The number of hydrogen-bond acceptors (Lipinski definition) is 7. The van der Waals surface area contributed by atoms with Gasteiger partial charge in [-0.1, -0.05) is 18.6 Å². The summed E-state index contributed by atoms with van der Waals surface area (Å²) in [4.78, 5) is 13.0. The van der Waals surface area contributed by atoms with Crippen molar-refractivity contribution in [2.24, 2.45) is 0 Å². The summed E-state index contributed by atoms with van der Waals surface area (Å²) in [6, 6.07) is 10.9. The number of methoxy groups -OCH3 is 1. The fraction of sp³-hybridized carbons (Fsp3) is 0.409. The Morgan fingerprint density at radius 3 is 2.44 bits per heavy atom. The number of para-hydroxylation sites is 2. The molecule has 12 heteroatoms. The molecule has 0 spiro atoms. The fourth-order valence-electron chi connectivity index (χ4n) is 4.08. The van der Waals surface area contributed by atoms with Crippen LogP contribution in [0.4, 0.5) is 11.4 Å². The molecule has 1 N–H and O–H groups in total. The van der Waals surface area contributed by atoms with Gasteiger partial charge < -0.3 is 14.8 Å². The predicted octanol–water partition coefficient (Wildman–Crippen LogP) is 2.04. The Morgan fingerprint density at radius 2 is 1.76 bits per heavy atom. The SMILES string of the molecule is COc1ccc(NC(=O)C2CN(S(C)(=O)=O)c3ccccc3O2)cc1S(=O)(=O)N1CCCCC1. The second kappa shape index (κ2) is 9.43. The van der Waals surface area contributed by atoms with Gasteiger partial charge in [-0.25, -0.2) is 16.8 Å². The van der Waals surface area contributed by atoms with Crippen LogP contribution in [0, 0.1) is 0 Å². The number of carbonyl (C=O) groups is 1. The van der Waals surface area contributed by atoms with Crippen LogP contribution in [-0.4, -0.2) is 66.2 Å². The molecule has 0 aromatic heterocycles. The number of piperidine rings is 1. The van der Waals surface area contributed by atoms with Gasteiger partial charge in [-0.15, -0.1) is 0 Å². The Balaban J connectivity index is 1.60. The van der Waals surface area contributed by atoms with Crippen molar-refractivity contribution < 1.29 is 31.1 Å². The highest BCUT2D eigenvalue weighted by atomic mass is 32.2. The number of carbonyl (C=O) groups excluding carboxylic acids is 1. The first kappa shape index (κ1) is 24.3. The summed E-state index contributed by atoms with van der Waals surface area (Å²) in [5.41, 5.74) is 0.586. The van der Waals surface area contributed by atoms with Gasteiger partial charge in [0.05, 0.1) is 25.6 Å². The topological polar surface area (TPSA) is 122 Å². The highest BCUT2D eigenvalue weighted by Crippen LogP contribution is 2.35. The number of ether oxygens (including phenoxy) is 2. The van der Waals surface area contributed by atoms with E-state index < -0.39 is 32.1 Å². The zero-order valence-electron chi connectivity index (χ0n) is 18.9. The monoisotopic (exact) mass is 509 g/mol. The molecule has 2 aromatic carbocycles. The Kier molecular flexibility index (Phi) is 6.74. The smallest absolute Gasteiger partial charge is 0.267 e. The van der Waals surface area contributed by atoms with E-state index in [9.17, 15) is 21.6 Å². The molecule has 0 radical (unpaired) electrons. The Morgan fingerprint density at radius 1 is 1.06 bits per heavy atom. The molecule has 1 unspecified atom stereocenters. The zero-order valence-corrected chi connectivity index (χ0v) is 20.6. The minimum Gasteiger partial charge on any atom is -0.495 e. The first-order chi connectivity index (χ1) is 16.1. The molecule has 10 nitrogen and oxygen atoms in total. The van der Waals surface area contributed by atoms with Gasteiger partial charge >= 0.3 is 0 Å². The van der Waals surface area contributed by atoms with Gasteiger partial charge in [0.15, 0.2) is 6.10 Å². The molecule has 1 amide bonds. The number of anilines is 2. The van der Waals surface area contributed by atoms with Crippen LogP contribution in [0.3, 0.4) is 0 Å². The number of nitrogens with one attached hydrogen (secondary N) is 1. The van der Waals surface area contributed by atoms with Crippen molar-refractivity contribution in [3.05, 3.63) is 42.5 Å². The first-order valence-corrected chi connectivity index (χ1v) is 14.1. The van der Waals surface area contributed by atoms with E-state index in [1.165, 1.54) is 29.6 Å². The third-order valence-corrected chi connectivity index (χ3v) is 8.86. The zero-order chi connectivity index (χ0) is 24.5. The molecule has 184 valence electrons. The van der Waals surface area contributed by atoms with Crippen LogP contribution in [0.1, 0.15) is 19.3 Å². The largest absolute Gasteiger partial charge is 0.495 e. The van der Waals surface area contributed by atoms with E-state index in [1.54, 1.807) is 24.3 Å². The molecule has 2 aromatic rings. The Hall–Kier alpha value is -2.83. The van der Waals surface area contributed by atoms with Crippen LogP contribution in [0.5, 0.6) is 11.5 Å². The van der Waals surface area contributed by atoms with E-state index in [4.69, 9.17) is 9.47 Å². The Bertz CT molecular complexity index is 1290. The van der Waals surface area contributed by atoms with E-state index in [0.717, 1.165) is 29.8 Å². The van der Waals surface area contributed by atoms with Crippen LogP contribution in [0.2, 0.25) is 0 Å². The van der Waals surface area contributed by atoms with Crippen LogP contribution in [0.15, 0.2) is 47.4 Å². The average Bonchev–Trinajstić information content (AvgIpc) is 2.83. The summed E-state index contributed by atoms with van der Waals surface area (Å²) in [6.07, 6.45) is 2.48. The van der Waals surface area contributed by atoms with E-state index in [-0.39, 0.29) is 28.6 Å². The summed E-state index contributed by atoms with van der Waals surface area (Å²) in [7, 11) is -6.09. The van der Waals surface area contributed by atoms with Gasteiger partial charge in [-0.3, -0.25) is 9.10 Å². The summed E-state index contributed by atoms with van der Waals surface area (Å²) < 4.78 is 64.7. The number of amides is 1. The first-order valence-electron chi connectivity index (χ1n) is 10.8. The van der Waals surface area contributed by atoms with Crippen LogP contribution in [-0.2, 0) is 24.8 Å². The summed E-state index contributed by atoms with van der Waals surface area (Å²) in [6.45, 7) is 0.647. The van der Waals surface area contributed by atoms with E-state index in [1.807, 2.05) is 0 Å². The molecular weight excluding hydrogens is 482 g/mol. The quantitative estimate of drug-likeness (QED) is 0.632. The van der Waals surface area contributed by atoms with E-state index >= 15 is 0 Å². The van der Waals surface area contributed by atoms with Crippen molar-refractivity contribution in [2.45, 2.75) is 30.3 Å². The van der Waals surface area contributed by atoms with Crippen molar-refractivity contribution in [1.29, 1.82) is 0 Å². The van der Waals surface area contributed by atoms with Gasteiger partial charge in [0.1, 0.15) is 16.4 Å². The maximum Gasteiger partial charge on any atom is 0.267 e. The lowest BCUT2D eigenvalue weighted by atomic mass is 10.2. The van der Waals surface area contributed by atoms with Crippen molar-refractivity contribution in [1.82, 2.24) is 4.31 Å². The summed E-state index contributed by atoms with van der Waals surface area (Å²) in [5, 5.41) is 2.66. The third-order valence-electron chi connectivity index (χ3n) is 5.79. The molecule has 0 saturated carbocycles. The number of fused-ring (bicyclic) bond motifs is 1. The van der Waals surface area contributed by atoms with E-state index in [2.05, 4.69) is 5.32 Å². The van der Waals surface area contributed by atoms with Crippen molar-refractivity contribution in [2.75, 3.05) is 42.6 Å². The lowest BCUT2D eigenvalue weighted by Gasteiger charge is -2.33. The fourth-order valence-corrected chi connectivity index (χ4v) is 6.69. The third kappa shape index (κ3) is 4.84. The van der Waals surface area contributed by atoms with Crippen molar-refractivity contribution >= 4 is 37.3 Å². The molecule has 2 aliphatic heterocycles. The molecular formula is C22H27N3O7S2. The van der Waals surface area contributed by atoms with Crippen LogP contribution < -0.4 is 19.1 Å². The van der Waals surface area contributed by atoms with Gasteiger partial charge in [0, 0.05) is 18.8 Å². The van der Waals surface area contributed by atoms with Gasteiger partial charge in [-0.05, 0) is 43.2 Å². The second-order valence-electron chi connectivity index (χ2n) is 8.19. The molecule has 0 aliphatic carbocycles. The minimum absolute atomic E-state index is 0.0395. The van der Waals surface area contributed by atoms with Crippen LogP contribution in [0.25, 0.3) is 0 Å². The number of hydrogen-bond donors (Lipinski definition) is 1. The van der Waals surface area contributed by atoms with Gasteiger partial charge in [-0.2, -0.15) is 4.31 Å². The molecule has 1 fully saturated rings. The van der Waals surface area contributed by atoms with E-state index in [0.29, 0.717) is 18.8 Å². The lowest BCUT2D eigenvalue weighted by Crippen LogP contribution is -2.48. The lowest BCUT2D eigenvalue weighted by molar-refractivity contribution is -0.122. The number of rotatable bonds is 6. The standard InChI is InChI=1S/C22H27N3O7S2/c1-31-19-11-10-16(14-21(19)34(29,30)24-12-6-3-7-13-24)23-22(26)20-15-25(33(2,27)28)17-8-4-5-9-18(17)32-20/h4-5,8-11,14,20H,3,6-7,12-13,15H2,1-2H3,(H,23,26). The number of nitrogens with zero attached hydrogens (tertiary/aromatic N) is 2. The molecule has 4 rings (SSSR count). The maximum absolute atomic E-state index is 13.2.